The van der Waals surface area contributed by atoms with Crippen LogP contribution in [0.5, 0.6) is 5.75 Å². The zero-order valence-corrected chi connectivity index (χ0v) is 17.6. The highest BCUT2D eigenvalue weighted by Crippen LogP contribution is 2.28. The number of rotatable bonds is 12. The maximum Gasteiger partial charge on any atom is 0.314 e. The first-order valence-electron chi connectivity index (χ1n) is 10.8. The van der Waals surface area contributed by atoms with Crippen LogP contribution in [0.3, 0.4) is 0 Å². The van der Waals surface area contributed by atoms with Gasteiger partial charge in [-0.25, -0.2) is 9.97 Å². The molecule has 2 aromatic rings. The lowest BCUT2D eigenvalue weighted by Gasteiger charge is -2.12. The van der Waals surface area contributed by atoms with E-state index in [1.54, 1.807) is 6.20 Å². The average molecular weight is 383 g/mol. The second kappa shape index (κ2) is 12.3. The van der Waals surface area contributed by atoms with Crippen molar-refractivity contribution in [3.8, 4) is 17.1 Å². The Morgan fingerprint density at radius 3 is 2.46 bits per heavy atom. The van der Waals surface area contributed by atoms with E-state index < -0.39 is 0 Å². The molecule has 4 heteroatoms. The molecule has 0 N–H and O–H groups in total. The summed E-state index contributed by atoms with van der Waals surface area (Å²) in [5.41, 5.74) is 1.81. The number of unbranched alkanes of at least 4 members (excludes halogenated alkanes) is 6. The van der Waals surface area contributed by atoms with Crippen LogP contribution in [0, 0.1) is 5.92 Å². The summed E-state index contributed by atoms with van der Waals surface area (Å²) >= 11 is 0. The molecule has 4 nitrogen and oxygen atoms in total. The number of benzene rings is 1. The number of aromatic nitrogens is 2. The maximum absolute atomic E-state index is 12.2. The fourth-order valence-electron chi connectivity index (χ4n) is 3.04. The van der Waals surface area contributed by atoms with Gasteiger partial charge in [0.05, 0.1) is 11.5 Å². The molecule has 0 amide bonds. The van der Waals surface area contributed by atoms with E-state index in [4.69, 9.17) is 9.72 Å². The number of esters is 1. The van der Waals surface area contributed by atoms with Crippen molar-refractivity contribution in [3.05, 3.63) is 42.2 Å². The van der Waals surface area contributed by atoms with Gasteiger partial charge in [-0.05, 0) is 37.5 Å². The summed E-state index contributed by atoms with van der Waals surface area (Å²) in [7, 11) is 0. The minimum atomic E-state index is -0.214. The molecule has 0 aliphatic carbocycles. The molecule has 0 aliphatic heterocycles. The Hall–Kier alpha value is -2.23. The number of carbonyl (C=O) groups excluding carboxylic acids is 1. The highest BCUT2D eigenvalue weighted by molar-refractivity contribution is 5.77. The molecule has 28 heavy (non-hydrogen) atoms. The van der Waals surface area contributed by atoms with Gasteiger partial charge in [0.2, 0.25) is 0 Å². The van der Waals surface area contributed by atoms with Crippen molar-refractivity contribution < 1.29 is 9.53 Å². The van der Waals surface area contributed by atoms with E-state index in [1.807, 2.05) is 44.2 Å². The number of carbonyl (C=O) groups is 1. The molecule has 1 heterocycles. The lowest BCUT2D eigenvalue weighted by Crippen LogP contribution is -2.17. The summed E-state index contributed by atoms with van der Waals surface area (Å²) in [4.78, 5) is 21.3. The number of aryl methyl sites for hydroxylation is 1. The molecule has 0 saturated carbocycles. The van der Waals surface area contributed by atoms with Gasteiger partial charge in [-0.2, -0.15) is 0 Å². The molecule has 0 aliphatic rings. The van der Waals surface area contributed by atoms with E-state index in [0.29, 0.717) is 11.6 Å². The Balaban J connectivity index is 1.99. The second-order valence-electron chi connectivity index (χ2n) is 7.47. The van der Waals surface area contributed by atoms with Crippen LogP contribution < -0.4 is 4.74 Å². The predicted molar refractivity (Wildman–Crippen MR) is 114 cm³/mol. The largest absolute Gasteiger partial charge is 0.426 e. The van der Waals surface area contributed by atoms with E-state index in [1.165, 1.54) is 38.5 Å². The Kier molecular flexibility index (Phi) is 9.67. The van der Waals surface area contributed by atoms with E-state index in [2.05, 4.69) is 11.9 Å². The third-order valence-electron chi connectivity index (χ3n) is 5.10. The molecule has 2 rings (SSSR count). The van der Waals surface area contributed by atoms with Crippen molar-refractivity contribution in [2.75, 3.05) is 0 Å². The van der Waals surface area contributed by atoms with Gasteiger partial charge >= 0.3 is 5.97 Å². The number of ether oxygens (including phenoxy) is 1. The van der Waals surface area contributed by atoms with Crippen molar-refractivity contribution in [1.82, 2.24) is 9.97 Å². The third-order valence-corrected chi connectivity index (χ3v) is 5.10. The highest BCUT2D eigenvalue weighted by Gasteiger charge is 2.17. The quantitative estimate of drug-likeness (QED) is 0.242. The fourth-order valence-corrected chi connectivity index (χ4v) is 3.04. The molecular weight excluding hydrogens is 348 g/mol. The number of nitrogens with zero attached hydrogens (tertiary/aromatic N) is 2. The minimum Gasteiger partial charge on any atom is -0.426 e. The summed E-state index contributed by atoms with van der Waals surface area (Å²) < 4.78 is 5.62. The molecule has 1 atom stereocenters. The molecule has 1 aromatic carbocycles. The van der Waals surface area contributed by atoms with Gasteiger partial charge in [0, 0.05) is 11.9 Å². The summed E-state index contributed by atoms with van der Waals surface area (Å²) in [6, 6.07) is 9.48. The Morgan fingerprint density at radius 1 is 1.00 bits per heavy atom. The molecule has 1 unspecified atom stereocenters. The lowest BCUT2D eigenvalue weighted by atomic mass is 10.1. The molecule has 152 valence electrons. The SMILES string of the molecule is CCCCCCCCCc1ccnc(-c2ccccc2OC(=O)C(C)CC)n1. The predicted octanol–water partition coefficient (Wildman–Crippen LogP) is 6.39. The summed E-state index contributed by atoms with van der Waals surface area (Å²) in [6.45, 7) is 6.11. The van der Waals surface area contributed by atoms with E-state index in [9.17, 15) is 4.79 Å². The van der Waals surface area contributed by atoms with Gasteiger partial charge in [0.1, 0.15) is 5.75 Å². The molecule has 0 saturated heterocycles. The Morgan fingerprint density at radius 2 is 1.71 bits per heavy atom. The zero-order valence-electron chi connectivity index (χ0n) is 17.6. The third kappa shape index (κ3) is 7.06. The van der Waals surface area contributed by atoms with Crippen molar-refractivity contribution in [2.45, 2.75) is 78.6 Å². The number of hydrogen-bond donors (Lipinski definition) is 0. The molecule has 1 aromatic heterocycles. The van der Waals surface area contributed by atoms with Gasteiger partial charge in [-0.3, -0.25) is 4.79 Å². The molecule has 0 fully saturated rings. The number of para-hydroxylation sites is 1. The normalized spacial score (nSPS) is 12.0. The molecule has 0 spiro atoms. The Bertz CT molecular complexity index is 730. The van der Waals surface area contributed by atoms with Crippen LogP contribution >= 0.6 is 0 Å². The first-order chi connectivity index (χ1) is 13.7. The summed E-state index contributed by atoms with van der Waals surface area (Å²) in [5, 5.41) is 0. The molecule has 0 bridgehead atoms. The van der Waals surface area contributed by atoms with Crippen LogP contribution in [0.1, 0.15) is 77.8 Å². The highest BCUT2D eigenvalue weighted by atomic mass is 16.5. The van der Waals surface area contributed by atoms with Crippen molar-refractivity contribution in [1.29, 1.82) is 0 Å². The van der Waals surface area contributed by atoms with Crippen molar-refractivity contribution in [2.24, 2.45) is 5.92 Å². The maximum atomic E-state index is 12.2. The van der Waals surface area contributed by atoms with Crippen LogP contribution in [0.15, 0.2) is 36.5 Å². The van der Waals surface area contributed by atoms with Crippen LogP contribution in [0.25, 0.3) is 11.4 Å². The summed E-state index contributed by atoms with van der Waals surface area (Å²) in [6.07, 6.45) is 12.5. The monoisotopic (exact) mass is 382 g/mol. The lowest BCUT2D eigenvalue weighted by molar-refractivity contribution is -0.138. The van der Waals surface area contributed by atoms with Crippen molar-refractivity contribution >= 4 is 5.97 Å². The summed E-state index contributed by atoms with van der Waals surface area (Å²) in [5.74, 6) is 0.806. The van der Waals surface area contributed by atoms with Crippen LogP contribution in [-0.4, -0.2) is 15.9 Å². The van der Waals surface area contributed by atoms with Crippen LogP contribution in [0.2, 0.25) is 0 Å². The van der Waals surface area contributed by atoms with Gasteiger partial charge in [0.15, 0.2) is 5.82 Å². The Labute approximate surface area is 169 Å². The standard InChI is InChI=1S/C24H34N2O2/c1-4-6-7-8-9-10-11-14-20-17-18-25-23(26-20)21-15-12-13-16-22(21)28-24(27)19(3)5-2/h12-13,15-19H,4-11,14H2,1-3H3. The zero-order chi connectivity index (χ0) is 20.2. The topological polar surface area (TPSA) is 52.1 Å². The minimum absolute atomic E-state index is 0.127. The van der Waals surface area contributed by atoms with E-state index >= 15 is 0 Å². The van der Waals surface area contributed by atoms with Gasteiger partial charge in [-0.15, -0.1) is 0 Å². The fraction of sp³-hybridized carbons (Fsp3) is 0.542. The molecule has 0 radical (unpaired) electrons. The van der Waals surface area contributed by atoms with Gasteiger partial charge in [0.25, 0.3) is 0 Å². The first kappa shape index (κ1) is 22.1. The van der Waals surface area contributed by atoms with Gasteiger partial charge < -0.3 is 4.74 Å². The van der Waals surface area contributed by atoms with E-state index in [-0.39, 0.29) is 11.9 Å². The smallest absolute Gasteiger partial charge is 0.314 e. The van der Waals surface area contributed by atoms with Crippen LogP contribution in [0.4, 0.5) is 0 Å². The van der Waals surface area contributed by atoms with Gasteiger partial charge in [-0.1, -0.05) is 71.4 Å². The second-order valence-corrected chi connectivity index (χ2v) is 7.47. The first-order valence-corrected chi connectivity index (χ1v) is 10.8. The van der Waals surface area contributed by atoms with E-state index in [0.717, 1.165) is 30.5 Å². The average Bonchev–Trinajstić information content (AvgIpc) is 2.73. The number of hydrogen-bond acceptors (Lipinski definition) is 4. The molecular formula is C24H34N2O2. The van der Waals surface area contributed by atoms with Crippen molar-refractivity contribution in [3.63, 3.8) is 0 Å². The van der Waals surface area contributed by atoms with Crippen LogP contribution in [-0.2, 0) is 11.2 Å².